The molecule has 1 fully saturated rings. The first-order chi connectivity index (χ1) is 14.5. The number of piperidine rings is 1. The normalized spacial score (nSPS) is 19.4. The van der Waals surface area contributed by atoms with Gasteiger partial charge in [-0.05, 0) is 49.1 Å². The van der Waals surface area contributed by atoms with Crippen LogP contribution in [0.5, 0.6) is 11.5 Å². The lowest BCUT2D eigenvalue weighted by atomic mass is 9.96. The highest BCUT2D eigenvalue weighted by atomic mass is 32.2. The molecular formula is C22H26N2O5S. The fourth-order valence-corrected chi connectivity index (χ4v) is 5.47. The van der Waals surface area contributed by atoms with Gasteiger partial charge in [0.15, 0.2) is 0 Å². The Labute approximate surface area is 177 Å². The second kappa shape index (κ2) is 8.65. The van der Waals surface area contributed by atoms with Crippen LogP contribution in [0, 0.1) is 5.92 Å². The lowest BCUT2D eigenvalue weighted by molar-refractivity contribution is -0.121. The summed E-state index contributed by atoms with van der Waals surface area (Å²) in [5.41, 5.74) is 1.33. The van der Waals surface area contributed by atoms with Crippen molar-refractivity contribution < 1.29 is 22.7 Å². The first-order valence-electron chi connectivity index (χ1n) is 10.2. The van der Waals surface area contributed by atoms with Crippen molar-refractivity contribution in [2.24, 2.45) is 5.92 Å². The Kier molecular flexibility index (Phi) is 5.97. The topological polar surface area (TPSA) is 84.9 Å². The largest absolute Gasteiger partial charge is 0.495 e. The van der Waals surface area contributed by atoms with E-state index in [4.69, 9.17) is 9.47 Å². The maximum atomic E-state index is 13.0. The molecular weight excluding hydrogens is 404 g/mol. The molecule has 4 rings (SSSR count). The molecule has 8 heteroatoms. The Morgan fingerprint density at radius 2 is 1.90 bits per heavy atom. The number of nitrogens with zero attached hydrogens (tertiary/aromatic N) is 1. The Balaban J connectivity index is 1.55. The third-order valence-electron chi connectivity index (χ3n) is 5.63. The van der Waals surface area contributed by atoms with Crippen LogP contribution in [0.3, 0.4) is 0 Å². The molecule has 2 aliphatic heterocycles. The van der Waals surface area contributed by atoms with E-state index in [-0.39, 0.29) is 23.3 Å². The summed E-state index contributed by atoms with van der Waals surface area (Å²) in [6.45, 7) is 1.32. The quantitative estimate of drug-likeness (QED) is 0.788. The van der Waals surface area contributed by atoms with E-state index >= 15 is 0 Å². The van der Waals surface area contributed by atoms with E-state index < -0.39 is 10.0 Å². The lowest BCUT2D eigenvalue weighted by Gasteiger charge is -2.27. The summed E-state index contributed by atoms with van der Waals surface area (Å²) in [5.74, 6) is 0.620. The monoisotopic (exact) mass is 430 g/mol. The number of rotatable bonds is 5. The number of nitrogens with one attached hydrogen (secondary N) is 1. The molecule has 2 aromatic carbocycles. The SMILES string of the molecule is COc1ccc(S(=O)(=O)N2CCCCC2)cc1NC(=O)[C@@H]1COc2ccccc2C1. The van der Waals surface area contributed by atoms with Crippen molar-refractivity contribution in [2.75, 3.05) is 32.1 Å². The number of methoxy groups -OCH3 is 1. The van der Waals surface area contributed by atoms with Gasteiger partial charge in [-0.15, -0.1) is 0 Å². The van der Waals surface area contributed by atoms with Gasteiger partial charge >= 0.3 is 0 Å². The lowest BCUT2D eigenvalue weighted by Crippen LogP contribution is -2.35. The molecule has 0 spiro atoms. The smallest absolute Gasteiger partial charge is 0.243 e. The molecule has 2 aliphatic rings. The number of benzene rings is 2. The number of ether oxygens (including phenoxy) is 2. The van der Waals surface area contributed by atoms with Gasteiger partial charge in [0.1, 0.15) is 18.1 Å². The summed E-state index contributed by atoms with van der Waals surface area (Å²) in [6.07, 6.45) is 3.34. The number of hydrogen-bond acceptors (Lipinski definition) is 5. The highest BCUT2D eigenvalue weighted by Gasteiger charge is 2.29. The van der Waals surface area contributed by atoms with Gasteiger partial charge in [-0.1, -0.05) is 24.6 Å². The Bertz CT molecular complexity index is 1030. The summed E-state index contributed by atoms with van der Waals surface area (Å²) >= 11 is 0. The molecule has 0 radical (unpaired) electrons. The molecule has 0 saturated carbocycles. The second-order valence-electron chi connectivity index (χ2n) is 7.64. The van der Waals surface area contributed by atoms with Crippen LogP contribution in [-0.2, 0) is 21.2 Å². The Morgan fingerprint density at radius 1 is 1.13 bits per heavy atom. The predicted octanol–water partition coefficient (Wildman–Crippen LogP) is 3.06. The summed E-state index contributed by atoms with van der Waals surface area (Å²) in [4.78, 5) is 13.1. The number of sulfonamides is 1. The maximum absolute atomic E-state index is 13.0. The number of carbonyl (C=O) groups is 1. The van der Waals surface area contributed by atoms with Crippen molar-refractivity contribution in [3.8, 4) is 11.5 Å². The zero-order valence-corrected chi connectivity index (χ0v) is 17.8. The zero-order valence-electron chi connectivity index (χ0n) is 17.0. The average Bonchev–Trinajstić information content (AvgIpc) is 2.79. The Hall–Kier alpha value is -2.58. The molecule has 1 amide bonds. The molecule has 1 saturated heterocycles. The van der Waals surface area contributed by atoms with Gasteiger partial charge in [0, 0.05) is 13.1 Å². The van der Waals surface area contributed by atoms with E-state index in [1.807, 2.05) is 24.3 Å². The van der Waals surface area contributed by atoms with Crippen LogP contribution >= 0.6 is 0 Å². The summed E-state index contributed by atoms with van der Waals surface area (Å²) in [6, 6.07) is 12.2. The maximum Gasteiger partial charge on any atom is 0.243 e. The van der Waals surface area contributed by atoms with E-state index in [0.29, 0.717) is 30.9 Å². The van der Waals surface area contributed by atoms with Gasteiger partial charge in [-0.25, -0.2) is 8.42 Å². The fourth-order valence-electron chi connectivity index (χ4n) is 3.93. The van der Waals surface area contributed by atoms with Crippen LogP contribution in [0.4, 0.5) is 5.69 Å². The highest BCUT2D eigenvalue weighted by molar-refractivity contribution is 7.89. The number of amides is 1. The third-order valence-corrected chi connectivity index (χ3v) is 7.53. The summed E-state index contributed by atoms with van der Waals surface area (Å²) in [5, 5.41) is 2.85. The van der Waals surface area contributed by atoms with Gasteiger partial charge in [-0.3, -0.25) is 4.79 Å². The van der Waals surface area contributed by atoms with Crippen molar-refractivity contribution in [1.29, 1.82) is 0 Å². The molecule has 0 aliphatic carbocycles. The zero-order chi connectivity index (χ0) is 21.1. The van der Waals surface area contributed by atoms with Crippen LogP contribution in [-0.4, -0.2) is 45.4 Å². The molecule has 7 nitrogen and oxygen atoms in total. The molecule has 1 N–H and O–H groups in total. The number of fused-ring (bicyclic) bond motifs is 1. The number of carbonyl (C=O) groups excluding carboxylic acids is 1. The first kappa shape index (κ1) is 20.7. The minimum absolute atomic E-state index is 0.158. The molecule has 2 heterocycles. The van der Waals surface area contributed by atoms with Gasteiger partial charge in [-0.2, -0.15) is 4.31 Å². The van der Waals surface area contributed by atoms with E-state index in [0.717, 1.165) is 30.6 Å². The first-order valence-corrected chi connectivity index (χ1v) is 11.6. The van der Waals surface area contributed by atoms with Crippen LogP contribution < -0.4 is 14.8 Å². The van der Waals surface area contributed by atoms with E-state index in [2.05, 4.69) is 5.32 Å². The Morgan fingerprint density at radius 3 is 2.67 bits per heavy atom. The van der Waals surface area contributed by atoms with E-state index in [9.17, 15) is 13.2 Å². The van der Waals surface area contributed by atoms with Crippen LogP contribution in [0.15, 0.2) is 47.4 Å². The minimum atomic E-state index is -3.61. The molecule has 0 bridgehead atoms. The van der Waals surface area contributed by atoms with Gasteiger partial charge < -0.3 is 14.8 Å². The van der Waals surface area contributed by atoms with Crippen molar-refractivity contribution in [3.05, 3.63) is 48.0 Å². The van der Waals surface area contributed by atoms with E-state index in [1.165, 1.54) is 23.5 Å². The number of para-hydroxylation sites is 1. The summed E-state index contributed by atoms with van der Waals surface area (Å²) < 4.78 is 38.6. The molecule has 0 unspecified atom stereocenters. The van der Waals surface area contributed by atoms with Gasteiger partial charge in [0.2, 0.25) is 15.9 Å². The van der Waals surface area contributed by atoms with Gasteiger partial charge in [0.05, 0.1) is 23.6 Å². The summed E-state index contributed by atoms with van der Waals surface area (Å²) in [7, 11) is -2.12. The highest BCUT2D eigenvalue weighted by Crippen LogP contribution is 2.32. The molecule has 2 aromatic rings. The van der Waals surface area contributed by atoms with Crippen molar-refractivity contribution in [1.82, 2.24) is 4.31 Å². The number of hydrogen-bond donors (Lipinski definition) is 1. The van der Waals surface area contributed by atoms with Crippen LogP contribution in [0.2, 0.25) is 0 Å². The molecule has 30 heavy (non-hydrogen) atoms. The van der Waals surface area contributed by atoms with Crippen molar-refractivity contribution in [3.63, 3.8) is 0 Å². The third kappa shape index (κ3) is 4.15. The van der Waals surface area contributed by atoms with Gasteiger partial charge in [0.25, 0.3) is 0 Å². The van der Waals surface area contributed by atoms with Crippen LogP contribution in [0.1, 0.15) is 24.8 Å². The predicted molar refractivity (Wildman–Crippen MR) is 113 cm³/mol. The van der Waals surface area contributed by atoms with Crippen molar-refractivity contribution >= 4 is 21.6 Å². The van der Waals surface area contributed by atoms with Crippen molar-refractivity contribution in [2.45, 2.75) is 30.6 Å². The molecule has 160 valence electrons. The van der Waals surface area contributed by atoms with E-state index in [1.54, 1.807) is 6.07 Å². The number of anilines is 1. The second-order valence-corrected chi connectivity index (χ2v) is 9.57. The average molecular weight is 431 g/mol. The molecule has 1 atom stereocenters. The molecule has 0 aromatic heterocycles. The van der Waals surface area contributed by atoms with Crippen LogP contribution in [0.25, 0.3) is 0 Å². The standard InChI is InChI=1S/C22H26N2O5S/c1-28-21-10-9-18(30(26,27)24-11-5-2-6-12-24)14-19(21)23-22(25)17-13-16-7-3-4-8-20(16)29-15-17/h3-4,7-10,14,17H,2,5-6,11-13,15H2,1H3,(H,23,25)/t17-/m0/s1. The minimum Gasteiger partial charge on any atom is -0.495 e. The fraction of sp³-hybridized carbons (Fsp3) is 0.409.